The van der Waals surface area contributed by atoms with Gasteiger partial charge in [-0.15, -0.1) is 0 Å². The van der Waals surface area contributed by atoms with Crippen molar-refractivity contribution in [1.82, 2.24) is 4.90 Å². The van der Waals surface area contributed by atoms with E-state index in [9.17, 15) is 18.4 Å². The Morgan fingerprint density at radius 2 is 2.00 bits per heavy atom. The predicted molar refractivity (Wildman–Crippen MR) is 67.1 cm³/mol. The molecule has 1 aliphatic heterocycles. The number of likely N-dealkylation sites (tertiary alicyclic amines) is 1. The van der Waals surface area contributed by atoms with Gasteiger partial charge >= 0.3 is 5.97 Å². The van der Waals surface area contributed by atoms with Crippen molar-refractivity contribution in [3.05, 3.63) is 35.9 Å². The molecule has 0 spiro atoms. The number of methoxy groups -OCH3 is 1. The second-order valence-electron chi connectivity index (χ2n) is 4.57. The number of ether oxygens (including phenoxy) is 1. The van der Waals surface area contributed by atoms with E-state index in [1.807, 2.05) is 0 Å². The molecule has 1 heterocycles. The summed E-state index contributed by atoms with van der Waals surface area (Å²) in [7, 11) is 1.18. The molecule has 1 amide bonds. The van der Waals surface area contributed by atoms with Gasteiger partial charge in [-0.25, -0.2) is 13.6 Å². The minimum Gasteiger partial charge on any atom is -0.467 e. The summed E-state index contributed by atoms with van der Waals surface area (Å²) in [5.41, 5.74) is 0.312. The lowest BCUT2D eigenvalue weighted by Crippen LogP contribution is -2.44. The summed E-state index contributed by atoms with van der Waals surface area (Å²) in [6.07, 6.45) is -2.48. The second kappa shape index (κ2) is 5.98. The zero-order valence-electron chi connectivity index (χ0n) is 11.0. The van der Waals surface area contributed by atoms with E-state index < -0.39 is 30.4 Å². The Morgan fingerprint density at radius 1 is 1.35 bits per heavy atom. The summed E-state index contributed by atoms with van der Waals surface area (Å²) < 4.78 is 31.4. The van der Waals surface area contributed by atoms with Crippen LogP contribution >= 0.6 is 0 Å². The van der Waals surface area contributed by atoms with Crippen molar-refractivity contribution in [2.45, 2.75) is 31.4 Å². The Kier molecular flexibility index (Phi) is 4.32. The fourth-order valence-corrected chi connectivity index (χ4v) is 2.50. The van der Waals surface area contributed by atoms with Crippen molar-refractivity contribution in [2.24, 2.45) is 0 Å². The van der Waals surface area contributed by atoms with Gasteiger partial charge < -0.3 is 9.64 Å². The minimum absolute atomic E-state index is 0.0792. The highest BCUT2D eigenvalue weighted by Gasteiger charge is 2.44. The zero-order valence-corrected chi connectivity index (χ0v) is 11.0. The number of halogens is 2. The number of hydrogen-bond donors (Lipinski definition) is 0. The smallest absolute Gasteiger partial charge is 0.328 e. The molecular formula is C14H15F2NO3. The van der Waals surface area contributed by atoms with E-state index in [4.69, 9.17) is 0 Å². The van der Waals surface area contributed by atoms with Crippen molar-refractivity contribution in [2.75, 3.05) is 7.11 Å². The molecule has 0 saturated carbocycles. The molecule has 108 valence electrons. The number of carbonyl (C=O) groups is 2. The molecule has 2 unspecified atom stereocenters. The maximum absolute atomic E-state index is 13.4. The van der Waals surface area contributed by atoms with Gasteiger partial charge in [-0.1, -0.05) is 30.3 Å². The van der Waals surface area contributed by atoms with Gasteiger partial charge in [0.25, 0.3) is 6.43 Å². The van der Waals surface area contributed by atoms with Crippen LogP contribution in [-0.4, -0.2) is 36.4 Å². The molecule has 1 aromatic rings. The monoisotopic (exact) mass is 283 g/mol. The molecule has 0 N–H and O–H groups in total. The lowest BCUT2D eigenvalue weighted by Gasteiger charge is -2.31. The molecule has 1 saturated heterocycles. The highest BCUT2D eigenvalue weighted by Crippen LogP contribution is 2.35. The Morgan fingerprint density at radius 3 is 2.55 bits per heavy atom. The Balaban J connectivity index is 2.37. The van der Waals surface area contributed by atoms with Crippen molar-refractivity contribution in [1.29, 1.82) is 0 Å². The van der Waals surface area contributed by atoms with Crippen LogP contribution in [0.3, 0.4) is 0 Å². The summed E-state index contributed by atoms with van der Waals surface area (Å²) in [5, 5.41) is 0. The molecule has 0 aliphatic carbocycles. The third-order valence-electron chi connectivity index (χ3n) is 3.41. The fourth-order valence-electron chi connectivity index (χ4n) is 2.50. The van der Waals surface area contributed by atoms with E-state index >= 15 is 0 Å². The van der Waals surface area contributed by atoms with Crippen molar-refractivity contribution >= 4 is 11.9 Å². The zero-order chi connectivity index (χ0) is 14.7. The number of benzene rings is 1. The summed E-state index contributed by atoms with van der Waals surface area (Å²) in [6.45, 7) is 0. The van der Waals surface area contributed by atoms with Gasteiger partial charge in [0.15, 0.2) is 0 Å². The molecule has 1 fully saturated rings. The van der Waals surface area contributed by atoms with Crippen LogP contribution in [0.1, 0.15) is 24.4 Å². The van der Waals surface area contributed by atoms with Crippen LogP contribution in [-0.2, 0) is 14.3 Å². The summed E-state index contributed by atoms with van der Waals surface area (Å²) in [4.78, 5) is 24.5. The summed E-state index contributed by atoms with van der Waals surface area (Å²) >= 11 is 0. The topological polar surface area (TPSA) is 46.6 Å². The summed E-state index contributed by atoms with van der Waals surface area (Å²) in [6, 6.07) is 5.64. The van der Waals surface area contributed by atoms with Crippen molar-refractivity contribution < 1.29 is 23.1 Å². The molecule has 4 nitrogen and oxygen atoms in total. The van der Waals surface area contributed by atoms with Gasteiger partial charge in [-0.3, -0.25) is 4.79 Å². The summed E-state index contributed by atoms with van der Waals surface area (Å²) in [5.74, 6) is -1.10. The maximum Gasteiger partial charge on any atom is 0.328 e. The molecule has 6 heteroatoms. The standard InChI is InChI=1S/C14H15F2NO3/c1-20-14(19)10-7-8-11(18)17(10)12(13(15)16)9-5-3-2-4-6-9/h2-6,10,12-13H,7-8H2,1H3. The van der Waals surface area contributed by atoms with E-state index in [1.54, 1.807) is 18.2 Å². The van der Waals surface area contributed by atoms with E-state index in [1.165, 1.54) is 19.2 Å². The Bertz CT molecular complexity index is 492. The molecule has 1 aromatic carbocycles. The molecule has 2 rings (SSSR count). The molecular weight excluding hydrogens is 268 g/mol. The van der Waals surface area contributed by atoms with E-state index in [0.717, 1.165) is 4.90 Å². The first-order chi connectivity index (χ1) is 9.56. The lowest BCUT2D eigenvalue weighted by molar-refractivity contribution is -0.153. The first-order valence-corrected chi connectivity index (χ1v) is 6.28. The van der Waals surface area contributed by atoms with Gasteiger partial charge in [-0.2, -0.15) is 0 Å². The van der Waals surface area contributed by atoms with Gasteiger partial charge in [0, 0.05) is 6.42 Å². The number of nitrogens with zero attached hydrogens (tertiary/aromatic N) is 1. The molecule has 1 aliphatic rings. The largest absolute Gasteiger partial charge is 0.467 e. The molecule has 20 heavy (non-hydrogen) atoms. The van der Waals surface area contributed by atoms with Crippen LogP contribution in [0.15, 0.2) is 30.3 Å². The highest BCUT2D eigenvalue weighted by atomic mass is 19.3. The van der Waals surface area contributed by atoms with E-state index in [2.05, 4.69) is 4.74 Å². The van der Waals surface area contributed by atoms with Crippen LogP contribution in [0.5, 0.6) is 0 Å². The van der Waals surface area contributed by atoms with Gasteiger partial charge in [0.05, 0.1) is 7.11 Å². The Hall–Kier alpha value is -1.98. The minimum atomic E-state index is -2.77. The van der Waals surface area contributed by atoms with Gasteiger partial charge in [-0.05, 0) is 12.0 Å². The highest BCUT2D eigenvalue weighted by molar-refractivity contribution is 5.88. The lowest BCUT2D eigenvalue weighted by atomic mass is 10.0. The van der Waals surface area contributed by atoms with E-state index in [0.29, 0.717) is 5.56 Å². The SMILES string of the molecule is COC(=O)C1CCC(=O)N1C(c1ccccc1)C(F)F. The molecule has 0 aromatic heterocycles. The van der Waals surface area contributed by atoms with Crippen LogP contribution in [0.4, 0.5) is 8.78 Å². The predicted octanol–water partition coefficient (Wildman–Crippen LogP) is 2.16. The average molecular weight is 283 g/mol. The number of alkyl halides is 2. The first-order valence-electron chi connectivity index (χ1n) is 6.28. The number of amides is 1. The molecule has 0 bridgehead atoms. The number of rotatable bonds is 4. The molecule has 2 atom stereocenters. The third kappa shape index (κ3) is 2.64. The van der Waals surface area contributed by atoms with E-state index in [-0.39, 0.29) is 12.8 Å². The van der Waals surface area contributed by atoms with Crippen molar-refractivity contribution in [3.8, 4) is 0 Å². The fraction of sp³-hybridized carbons (Fsp3) is 0.429. The Labute approximate surface area is 115 Å². The number of esters is 1. The quantitative estimate of drug-likeness (QED) is 0.795. The normalized spacial score (nSPS) is 20.3. The van der Waals surface area contributed by atoms with Crippen LogP contribution in [0.25, 0.3) is 0 Å². The average Bonchev–Trinajstić information content (AvgIpc) is 2.81. The van der Waals surface area contributed by atoms with Crippen molar-refractivity contribution in [3.63, 3.8) is 0 Å². The third-order valence-corrected chi connectivity index (χ3v) is 3.41. The van der Waals surface area contributed by atoms with Gasteiger partial charge in [0.1, 0.15) is 12.1 Å². The van der Waals surface area contributed by atoms with Crippen LogP contribution < -0.4 is 0 Å². The van der Waals surface area contributed by atoms with Gasteiger partial charge in [0.2, 0.25) is 5.91 Å². The number of carbonyl (C=O) groups excluding carboxylic acids is 2. The molecule has 0 radical (unpaired) electrons. The maximum atomic E-state index is 13.4. The second-order valence-corrected chi connectivity index (χ2v) is 4.57. The van der Waals surface area contributed by atoms with Crippen LogP contribution in [0.2, 0.25) is 0 Å². The first kappa shape index (κ1) is 14.4. The van der Waals surface area contributed by atoms with Crippen LogP contribution in [0, 0.1) is 0 Å². The number of hydrogen-bond acceptors (Lipinski definition) is 3.